The van der Waals surface area contributed by atoms with Crippen LogP contribution in [0, 0.1) is 6.92 Å². The fourth-order valence-electron chi connectivity index (χ4n) is 2.51. The van der Waals surface area contributed by atoms with E-state index in [0.717, 1.165) is 37.2 Å². The van der Waals surface area contributed by atoms with Gasteiger partial charge in [0.1, 0.15) is 11.0 Å². The molecule has 0 unspecified atom stereocenters. The summed E-state index contributed by atoms with van der Waals surface area (Å²) in [5.74, 6) is -0.0803. The van der Waals surface area contributed by atoms with E-state index in [-0.39, 0.29) is 18.1 Å². The Bertz CT molecular complexity index is 625. The van der Waals surface area contributed by atoms with Gasteiger partial charge < -0.3 is 10.1 Å². The molecule has 22 heavy (non-hydrogen) atoms. The largest absolute Gasteiger partial charge is 0.460 e. The second kappa shape index (κ2) is 6.78. The highest BCUT2D eigenvalue weighted by atomic mass is 32.1. The number of amides is 1. The quantitative estimate of drug-likeness (QED) is 0.923. The molecular formula is C14H17N5O2S. The van der Waals surface area contributed by atoms with Crippen molar-refractivity contribution in [2.24, 2.45) is 0 Å². The summed E-state index contributed by atoms with van der Waals surface area (Å²) >= 11 is 1.13. The minimum Gasteiger partial charge on any atom is -0.460 e. The van der Waals surface area contributed by atoms with Crippen molar-refractivity contribution in [2.75, 3.05) is 0 Å². The van der Waals surface area contributed by atoms with E-state index in [9.17, 15) is 4.79 Å². The third-order valence-electron chi connectivity index (χ3n) is 3.68. The van der Waals surface area contributed by atoms with Crippen LogP contribution in [0.5, 0.6) is 6.01 Å². The van der Waals surface area contributed by atoms with Gasteiger partial charge in [-0.15, -0.1) is 5.10 Å². The standard InChI is InChI=1S/C14H17N5O2S/c1-9-12(22-19-18-9)13(20)17-10-3-5-11(6-4-10)21-14-15-7-2-8-16-14/h2,7-8,10-11H,3-6H2,1H3,(H,17,20). The molecule has 1 N–H and O–H groups in total. The molecule has 0 saturated heterocycles. The molecule has 0 bridgehead atoms. The van der Waals surface area contributed by atoms with Crippen LogP contribution in [0.4, 0.5) is 0 Å². The topological polar surface area (TPSA) is 89.9 Å². The highest BCUT2D eigenvalue weighted by Crippen LogP contribution is 2.22. The molecule has 7 nitrogen and oxygen atoms in total. The van der Waals surface area contributed by atoms with E-state index >= 15 is 0 Å². The number of carbonyl (C=O) groups is 1. The van der Waals surface area contributed by atoms with E-state index in [1.54, 1.807) is 25.4 Å². The summed E-state index contributed by atoms with van der Waals surface area (Å²) < 4.78 is 9.54. The third-order valence-corrected chi connectivity index (χ3v) is 4.51. The fourth-order valence-corrected chi connectivity index (χ4v) is 3.07. The van der Waals surface area contributed by atoms with Gasteiger partial charge in [0, 0.05) is 18.4 Å². The summed E-state index contributed by atoms with van der Waals surface area (Å²) in [6.45, 7) is 1.79. The first-order valence-electron chi connectivity index (χ1n) is 7.26. The average Bonchev–Trinajstić information content (AvgIpc) is 2.96. The zero-order chi connectivity index (χ0) is 15.4. The lowest BCUT2D eigenvalue weighted by atomic mass is 9.93. The highest BCUT2D eigenvalue weighted by molar-refractivity contribution is 7.08. The molecule has 3 rings (SSSR count). The zero-order valence-corrected chi connectivity index (χ0v) is 13.0. The Morgan fingerprint density at radius 2 is 2.00 bits per heavy atom. The lowest BCUT2D eigenvalue weighted by Crippen LogP contribution is -2.39. The van der Waals surface area contributed by atoms with E-state index in [2.05, 4.69) is 24.9 Å². The molecule has 8 heteroatoms. The summed E-state index contributed by atoms with van der Waals surface area (Å²) in [6.07, 6.45) is 6.97. The van der Waals surface area contributed by atoms with E-state index in [0.29, 0.717) is 16.6 Å². The number of nitrogens with one attached hydrogen (secondary N) is 1. The van der Waals surface area contributed by atoms with Crippen LogP contribution < -0.4 is 10.1 Å². The number of aryl methyl sites for hydroxylation is 1. The maximum atomic E-state index is 12.1. The molecule has 0 atom stereocenters. The maximum Gasteiger partial charge on any atom is 0.316 e. The fraction of sp³-hybridized carbons (Fsp3) is 0.500. The predicted octanol–water partition coefficient (Wildman–Crippen LogP) is 1.76. The van der Waals surface area contributed by atoms with E-state index < -0.39 is 0 Å². The van der Waals surface area contributed by atoms with E-state index in [1.807, 2.05) is 0 Å². The van der Waals surface area contributed by atoms with Crippen LogP contribution in [0.1, 0.15) is 41.0 Å². The summed E-state index contributed by atoms with van der Waals surface area (Å²) in [4.78, 5) is 20.9. The Balaban J connectivity index is 1.48. The van der Waals surface area contributed by atoms with Crippen LogP contribution in [0.2, 0.25) is 0 Å². The average molecular weight is 319 g/mol. The lowest BCUT2D eigenvalue weighted by Gasteiger charge is -2.28. The van der Waals surface area contributed by atoms with Gasteiger partial charge in [-0.3, -0.25) is 4.79 Å². The molecular weight excluding hydrogens is 302 g/mol. The predicted molar refractivity (Wildman–Crippen MR) is 80.8 cm³/mol. The Hall–Kier alpha value is -2.09. The summed E-state index contributed by atoms with van der Waals surface area (Å²) in [6, 6.07) is 2.35. The van der Waals surface area contributed by atoms with Crippen molar-refractivity contribution in [3.05, 3.63) is 29.0 Å². The van der Waals surface area contributed by atoms with Gasteiger partial charge >= 0.3 is 6.01 Å². The molecule has 116 valence electrons. The number of nitrogens with zero attached hydrogens (tertiary/aromatic N) is 4. The van der Waals surface area contributed by atoms with Crippen LogP contribution in [0.15, 0.2) is 18.5 Å². The molecule has 0 aliphatic heterocycles. The molecule has 1 saturated carbocycles. The summed E-state index contributed by atoms with van der Waals surface area (Å²) in [7, 11) is 0. The van der Waals surface area contributed by atoms with Crippen LogP contribution in [0.3, 0.4) is 0 Å². The Morgan fingerprint density at radius 3 is 2.64 bits per heavy atom. The Morgan fingerprint density at radius 1 is 1.27 bits per heavy atom. The molecule has 2 heterocycles. The molecule has 0 aromatic carbocycles. The molecule has 0 spiro atoms. The van der Waals surface area contributed by atoms with Crippen molar-refractivity contribution in [1.82, 2.24) is 24.9 Å². The van der Waals surface area contributed by atoms with E-state index in [4.69, 9.17) is 4.74 Å². The SMILES string of the molecule is Cc1nnsc1C(=O)NC1CCC(Oc2ncccn2)CC1. The first kappa shape index (κ1) is 14.8. The number of rotatable bonds is 4. The summed E-state index contributed by atoms with van der Waals surface area (Å²) in [5, 5.41) is 6.91. The minimum absolute atomic E-state index is 0.0803. The van der Waals surface area contributed by atoms with Crippen molar-refractivity contribution in [2.45, 2.75) is 44.8 Å². The van der Waals surface area contributed by atoms with Crippen LogP contribution in [-0.2, 0) is 0 Å². The smallest absolute Gasteiger partial charge is 0.316 e. The Labute approximate surface area is 132 Å². The van der Waals surface area contributed by atoms with E-state index in [1.165, 1.54) is 0 Å². The molecule has 0 radical (unpaired) electrons. The van der Waals surface area contributed by atoms with Crippen molar-refractivity contribution >= 4 is 17.4 Å². The highest BCUT2D eigenvalue weighted by Gasteiger charge is 2.25. The molecule has 1 aliphatic carbocycles. The van der Waals surface area contributed by atoms with Gasteiger partial charge in [0.2, 0.25) is 0 Å². The van der Waals surface area contributed by atoms with Gasteiger partial charge in [0.05, 0.1) is 5.69 Å². The molecule has 2 aromatic rings. The van der Waals surface area contributed by atoms with Crippen molar-refractivity contribution in [1.29, 1.82) is 0 Å². The van der Waals surface area contributed by atoms with Gasteiger partial charge in [-0.05, 0) is 50.2 Å². The molecule has 1 fully saturated rings. The second-order valence-electron chi connectivity index (χ2n) is 5.28. The lowest BCUT2D eigenvalue weighted by molar-refractivity contribution is 0.0888. The van der Waals surface area contributed by atoms with Crippen LogP contribution >= 0.6 is 11.5 Å². The van der Waals surface area contributed by atoms with Crippen molar-refractivity contribution in [3.63, 3.8) is 0 Å². The monoisotopic (exact) mass is 319 g/mol. The van der Waals surface area contributed by atoms with Gasteiger partial charge in [-0.2, -0.15) is 0 Å². The minimum atomic E-state index is -0.0803. The number of ether oxygens (including phenoxy) is 1. The number of carbonyl (C=O) groups excluding carboxylic acids is 1. The molecule has 1 aliphatic rings. The molecule has 2 aromatic heterocycles. The van der Waals surface area contributed by atoms with Gasteiger partial charge in [0.25, 0.3) is 5.91 Å². The van der Waals surface area contributed by atoms with Crippen LogP contribution in [-0.4, -0.2) is 37.6 Å². The van der Waals surface area contributed by atoms with Crippen molar-refractivity contribution in [3.8, 4) is 6.01 Å². The second-order valence-corrected chi connectivity index (χ2v) is 6.04. The van der Waals surface area contributed by atoms with Gasteiger partial charge in [-0.25, -0.2) is 9.97 Å². The van der Waals surface area contributed by atoms with Crippen LogP contribution in [0.25, 0.3) is 0 Å². The Kier molecular flexibility index (Phi) is 4.57. The third kappa shape index (κ3) is 3.56. The number of aromatic nitrogens is 4. The number of hydrogen-bond donors (Lipinski definition) is 1. The zero-order valence-electron chi connectivity index (χ0n) is 12.2. The number of hydrogen-bond acceptors (Lipinski definition) is 7. The normalized spacial score (nSPS) is 21.3. The first-order valence-corrected chi connectivity index (χ1v) is 8.03. The maximum absolute atomic E-state index is 12.1. The van der Waals surface area contributed by atoms with Gasteiger partial charge in [-0.1, -0.05) is 4.49 Å². The van der Waals surface area contributed by atoms with Crippen molar-refractivity contribution < 1.29 is 9.53 Å². The summed E-state index contributed by atoms with van der Waals surface area (Å²) in [5.41, 5.74) is 0.681. The molecule has 1 amide bonds. The van der Waals surface area contributed by atoms with Gasteiger partial charge in [0.15, 0.2) is 0 Å². The first-order chi connectivity index (χ1) is 10.7.